The van der Waals surface area contributed by atoms with E-state index in [1.807, 2.05) is 78.9 Å². The van der Waals surface area contributed by atoms with Crippen LogP contribution in [0.2, 0.25) is 0 Å². The zero-order valence-corrected chi connectivity index (χ0v) is 20.1. The van der Waals surface area contributed by atoms with Gasteiger partial charge in [0.05, 0.1) is 11.3 Å². The number of para-hydroxylation sites is 2. The number of anilines is 2. The molecule has 38 heavy (non-hydrogen) atoms. The second kappa shape index (κ2) is 9.59. The Balaban J connectivity index is 1.53. The maximum absolute atomic E-state index is 13.4. The van der Waals surface area contributed by atoms with E-state index in [1.165, 1.54) is 11.1 Å². The van der Waals surface area contributed by atoms with Crippen LogP contribution in [0, 0.1) is 5.41 Å². The predicted octanol–water partition coefficient (Wildman–Crippen LogP) is 5.17. The highest BCUT2D eigenvalue weighted by Gasteiger charge is 2.39. The normalized spacial score (nSPS) is 16.3. The van der Waals surface area contributed by atoms with Crippen LogP contribution in [0.25, 0.3) is 0 Å². The van der Waals surface area contributed by atoms with E-state index in [2.05, 4.69) is 15.7 Å². The minimum absolute atomic E-state index is 0.0402. The summed E-state index contributed by atoms with van der Waals surface area (Å²) in [5.41, 5.74) is 6.47. The smallest absolute Gasteiger partial charge is 0.292 e. The van der Waals surface area contributed by atoms with E-state index in [4.69, 9.17) is 4.74 Å². The molecule has 4 aromatic rings. The number of rotatable bonds is 4. The van der Waals surface area contributed by atoms with Crippen molar-refractivity contribution in [3.8, 4) is 11.5 Å². The third kappa shape index (κ3) is 4.24. The first-order valence-electron chi connectivity index (χ1n) is 12.0. The molecule has 6 rings (SSSR count). The Morgan fingerprint density at radius 1 is 0.921 bits per heavy atom. The SMILES string of the molecule is N=C1C2=C(N=C(C(=O)Nc3ccccc3)NN1c1ccccc1)Oc1cc(O)ccc1C2c1ccccc1. The van der Waals surface area contributed by atoms with Gasteiger partial charge in [-0.25, -0.2) is 5.01 Å². The summed E-state index contributed by atoms with van der Waals surface area (Å²) in [6, 6.07) is 33.0. The number of aliphatic imine (C=N–C) groups is 1. The van der Waals surface area contributed by atoms with Crippen LogP contribution in [-0.2, 0) is 4.79 Å². The van der Waals surface area contributed by atoms with Crippen LogP contribution >= 0.6 is 0 Å². The van der Waals surface area contributed by atoms with E-state index in [9.17, 15) is 15.3 Å². The van der Waals surface area contributed by atoms with E-state index in [1.54, 1.807) is 24.3 Å². The number of hydrogen-bond donors (Lipinski definition) is 4. The number of hydrazine groups is 1. The number of fused-ring (bicyclic) bond motifs is 1. The molecule has 0 fully saturated rings. The lowest BCUT2D eigenvalue weighted by Crippen LogP contribution is -2.50. The number of hydrogen-bond acceptors (Lipinski definition) is 6. The van der Waals surface area contributed by atoms with Crippen molar-refractivity contribution in [2.45, 2.75) is 5.92 Å². The average Bonchev–Trinajstić information content (AvgIpc) is 3.09. The van der Waals surface area contributed by atoms with Crippen LogP contribution in [-0.4, -0.2) is 22.7 Å². The predicted molar refractivity (Wildman–Crippen MR) is 146 cm³/mol. The Morgan fingerprint density at radius 2 is 1.58 bits per heavy atom. The fourth-order valence-corrected chi connectivity index (χ4v) is 4.59. The van der Waals surface area contributed by atoms with Gasteiger partial charge in [-0.05, 0) is 35.9 Å². The van der Waals surface area contributed by atoms with Crippen molar-refractivity contribution < 1.29 is 14.6 Å². The van der Waals surface area contributed by atoms with Gasteiger partial charge in [0.2, 0.25) is 11.7 Å². The first kappa shape index (κ1) is 23.1. The van der Waals surface area contributed by atoms with Gasteiger partial charge < -0.3 is 15.2 Å². The Kier molecular flexibility index (Phi) is 5.82. The highest BCUT2D eigenvalue weighted by molar-refractivity contribution is 6.43. The second-order valence-corrected chi connectivity index (χ2v) is 8.80. The van der Waals surface area contributed by atoms with Gasteiger partial charge in [0.15, 0.2) is 5.84 Å². The van der Waals surface area contributed by atoms with Gasteiger partial charge in [0, 0.05) is 23.2 Å². The fraction of sp³-hybridized carbons (Fsp3) is 0.0333. The Labute approximate surface area is 219 Å². The molecule has 0 spiro atoms. The first-order valence-corrected chi connectivity index (χ1v) is 12.0. The number of nitrogens with zero attached hydrogens (tertiary/aromatic N) is 2. The van der Waals surface area contributed by atoms with Crippen molar-refractivity contribution in [1.29, 1.82) is 5.41 Å². The van der Waals surface area contributed by atoms with Gasteiger partial charge in [0.1, 0.15) is 11.5 Å². The van der Waals surface area contributed by atoms with Crippen LogP contribution in [0.1, 0.15) is 17.0 Å². The minimum Gasteiger partial charge on any atom is -0.508 e. The number of phenols is 1. The van der Waals surface area contributed by atoms with Crippen LogP contribution in [0.4, 0.5) is 11.4 Å². The summed E-state index contributed by atoms with van der Waals surface area (Å²) in [4.78, 5) is 18.0. The van der Waals surface area contributed by atoms with Crippen LogP contribution in [0.5, 0.6) is 11.5 Å². The number of amidine groups is 2. The number of ether oxygens (including phenoxy) is 1. The molecular weight excluding hydrogens is 478 g/mol. The molecule has 8 heteroatoms. The number of phenolic OH excluding ortho intramolecular Hbond substituents is 1. The summed E-state index contributed by atoms with van der Waals surface area (Å²) in [7, 11) is 0. The number of carbonyl (C=O) groups is 1. The summed E-state index contributed by atoms with van der Waals surface area (Å²) in [5, 5.41) is 23.9. The number of aromatic hydroxyl groups is 1. The molecule has 0 bridgehead atoms. The molecule has 2 aliphatic rings. The molecule has 4 aromatic carbocycles. The standard InChI is InChI=1S/C30H23N5O3/c31-27-26-25(19-10-4-1-5-11-19)23-17-16-22(36)18-24(23)38-30(26)33-28(29(37)32-20-12-6-2-7-13-20)34-35(27)21-14-8-3-9-15-21/h1-18,25,31,36H,(H,32,37)(H,33,34). The molecule has 2 aliphatic heterocycles. The van der Waals surface area contributed by atoms with Crippen molar-refractivity contribution in [3.63, 3.8) is 0 Å². The Bertz CT molecular complexity index is 1580. The lowest BCUT2D eigenvalue weighted by Gasteiger charge is -2.32. The summed E-state index contributed by atoms with van der Waals surface area (Å²) >= 11 is 0. The molecule has 0 radical (unpaired) electrons. The van der Waals surface area contributed by atoms with Crippen molar-refractivity contribution in [2.24, 2.45) is 4.99 Å². The molecule has 0 saturated heterocycles. The fourth-order valence-electron chi connectivity index (χ4n) is 4.59. The van der Waals surface area contributed by atoms with Gasteiger partial charge in [-0.15, -0.1) is 0 Å². The summed E-state index contributed by atoms with van der Waals surface area (Å²) < 4.78 is 6.18. The monoisotopic (exact) mass is 501 g/mol. The van der Waals surface area contributed by atoms with Crippen molar-refractivity contribution in [3.05, 3.63) is 132 Å². The van der Waals surface area contributed by atoms with Crippen LogP contribution in [0.3, 0.4) is 0 Å². The molecule has 186 valence electrons. The maximum atomic E-state index is 13.4. The molecule has 1 unspecified atom stereocenters. The Hall–Kier alpha value is -5.37. The zero-order valence-electron chi connectivity index (χ0n) is 20.1. The first-order chi connectivity index (χ1) is 18.6. The lowest BCUT2D eigenvalue weighted by molar-refractivity contribution is -0.110. The van der Waals surface area contributed by atoms with Crippen molar-refractivity contribution >= 4 is 29.0 Å². The molecular formula is C30H23N5O3. The zero-order chi connectivity index (χ0) is 26.1. The largest absolute Gasteiger partial charge is 0.508 e. The molecule has 1 amide bonds. The number of carbonyl (C=O) groups excluding carboxylic acids is 1. The Morgan fingerprint density at radius 3 is 2.29 bits per heavy atom. The van der Waals surface area contributed by atoms with Gasteiger partial charge in [-0.1, -0.05) is 72.8 Å². The molecule has 8 nitrogen and oxygen atoms in total. The second-order valence-electron chi connectivity index (χ2n) is 8.80. The quantitative estimate of drug-likeness (QED) is 0.309. The number of nitrogens with one attached hydrogen (secondary N) is 3. The third-order valence-corrected chi connectivity index (χ3v) is 6.34. The molecule has 0 saturated carbocycles. The van der Waals surface area contributed by atoms with Gasteiger partial charge in [-0.3, -0.25) is 15.6 Å². The molecule has 0 aromatic heterocycles. The topological polar surface area (TPSA) is 110 Å². The van der Waals surface area contributed by atoms with Crippen LogP contribution < -0.4 is 20.5 Å². The average molecular weight is 502 g/mol. The van der Waals surface area contributed by atoms with Crippen molar-refractivity contribution in [1.82, 2.24) is 5.43 Å². The minimum atomic E-state index is -0.500. The molecule has 1 atom stereocenters. The summed E-state index contributed by atoms with van der Waals surface area (Å²) in [6.45, 7) is 0. The van der Waals surface area contributed by atoms with Crippen LogP contribution in [0.15, 0.2) is 126 Å². The van der Waals surface area contributed by atoms with Crippen molar-refractivity contribution in [2.75, 3.05) is 10.3 Å². The number of benzene rings is 4. The highest BCUT2D eigenvalue weighted by atomic mass is 16.5. The summed E-state index contributed by atoms with van der Waals surface area (Å²) in [6.07, 6.45) is 0. The van der Waals surface area contributed by atoms with E-state index < -0.39 is 11.8 Å². The maximum Gasteiger partial charge on any atom is 0.292 e. The van der Waals surface area contributed by atoms with E-state index in [-0.39, 0.29) is 23.3 Å². The highest BCUT2D eigenvalue weighted by Crippen LogP contribution is 2.46. The number of amides is 1. The van der Waals surface area contributed by atoms with Gasteiger partial charge >= 0.3 is 0 Å². The van der Waals surface area contributed by atoms with E-state index in [0.29, 0.717) is 22.7 Å². The van der Waals surface area contributed by atoms with E-state index in [0.717, 1.165) is 11.1 Å². The van der Waals surface area contributed by atoms with Gasteiger partial charge in [0.25, 0.3) is 5.91 Å². The summed E-state index contributed by atoms with van der Waals surface area (Å²) in [5.74, 6) is -0.362. The molecule has 2 heterocycles. The molecule has 4 N–H and O–H groups in total. The van der Waals surface area contributed by atoms with Gasteiger partial charge in [-0.2, -0.15) is 4.99 Å². The third-order valence-electron chi connectivity index (χ3n) is 6.34. The van der Waals surface area contributed by atoms with E-state index >= 15 is 0 Å². The molecule has 0 aliphatic carbocycles. The lowest BCUT2D eigenvalue weighted by atomic mass is 9.82.